The van der Waals surface area contributed by atoms with Crippen molar-refractivity contribution < 1.29 is 14.4 Å². The van der Waals surface area contributed by atoms with Crippen LogP contribution >= 0.6 is 0 Å². The second-order valence-corrected chi connectivity index (χ2v) is 7.21. The van der Waals surface area contributed by atoms with Crippen LogP contribution in [0, 0.1) is 6.92 Å². The summed E-state index contributed by atoms with van der Waals surface area (Å²) in [5, 5.41) is 2.76. The van der Waals surface area contributed by atoms with E-state index in [1.165, 1.54) is 9.13 Å². The van der Waals surface area contributed by atoms with Crippen molar-refractivity contribution in [2.45, 2.75) is 13.3 Å². The first-order valence-electron chi connectivity index (χ1n) is 9.20. The molecule has 3 amide bonds. The van der Waals surface area contributed by atoms with E-state index in [0.29, 0.717) is 22.3 Å². The number of anilines is 1. The third-order valence-corrected chi connectivity index (χ3v) is 5.24. The van der Waals surface area contributed by atoms with Gasteiger partial charge in [-0.3, -0.25) is 28.4 Å². The molecule has 1 aliphatic heterocycles. The van der Waals surface area contributed by atoms with Crippen LogP contribution in [0.4, 0.5) is 5.69 Å². The molecule has 148 valence electrons. The van der Waals surface area contributed by atoms with Crippen molar-refractivity contribution in [2.75, 3.05) is 11.9 Å². The minimum Gasteiger partial charge on any atom is -0.326 e. The Balaban J connectivity index is 1.45. The Bertz CT molecular complexity index is 1250. The largest absolute Gasteiger partial charge is 0.328 e. The molecule has 2 heterocycles. The second-order valence-electron chi connectivity index (χ2n) is 7.21. The average molecular weight is 392 g/mol. The maximum absolute atomic E-state index is 12.5. The first-order valence-corrected chi connectivity index (χ1v) is 9.20. The molecule has 0 atom stereocenters. The predicted molar refractivity (Wildman–Crippen MR) is 108 cm³/mol. The summed E-state index contributed by atoms with van der Waals surface area (Å²) in [7, 11) is 3.35. The van der Waals surface area contributed by atoms with Crippen molar-refractivity contribution >= 4 is 34.4 Å². The van der Waals surface area contributed by atoms with Gasteiger partial charge in [0.1, 0.15) is 0 Å². The van der Waals surface area contributed by atoms with Gasteiger partial charge in [0.15, 0.2) is 0 Å². The third-order valence-electron chi connectivity index (χ3n) is 5.24. The van der Waals surface area contributed by atoms with Crippen LogP contribution in [0.15, 0.2) is 41.2 Å². The summed E-state index contributed by atoms with van der Waals surface area (Å²) < 4.78 is 3.04. The Kier molecular flexibility index (Phi) is 4.34. The zero-order chi connectivity index (χ0) is 20.9. The quantitative estimate of drug-likeness (QED) is 0.686. The van der Waals surface area contributed by atoms with Crippen LogP contribution < -0.4 is 11.0 Å². The molecule has 0 unspecified atom stereocenters. The van der Waals surface area contributed by atoms with Gasteiger partial charge in [-0.1, -0.05) is 11.6 Å². The first kappa shape index (κ1) is 18.7. The topological polar surface area (TPSA) is 93.4 Å². The van der Waals surface area contributed by atoms with Gasteiger partial charge in [-0.2, -0.15) is 0 Å². The SMILES string of the molecule is Cc1ccc2c(c1)C(=O)N(CCC(=O)Nc1ccc3c(c1)n(C)c(=O)n3C)C2=O. The fourth-order valence-corrected chi connectivity index (χ4v) is 3.63. The summed E-state index contributed by atoms with van der Waals surface area (Å²) in [5.41, 5.74) is 3.51. The highest BCUT2D eigenvalue weighted by Gasteiger charge is 2.35. The van der Waals surface area contributed by atoms with Crippen molar-refractivity contribution in [3.8, 4) is 0 Å². The summed E-state index contributed by atoms with van der Waals surface area (Å²) >= 11 is 0. The number of imide groups is 1. The first-order chi connectivity index (χ1) is 13.8. The molecule has 0 bridgehead atoms. The molecule has 8 heteroatoms. The maximum Gasteiger partial charge on any atom is 0.328 e. The van der Waals surface area contributed by atoms with Gasteiger partial charge in [0.05, 0.1) is 22.2 Å². The standard InChI is InChI=1S/C21H20N4O4/c1-12-4-6-14-15(10-12)20(28)25(19(14)27)9-8-18(26)22-13-5-7-16-17(11-13)24(3)21(29)23(16)2/h4-7,10-11H,8-9H2,1-3H3,(H,22,26). The number of benzene rings is 2. The molecule has 8 nitrogen and oxygen atoms in total. The normalized spacial score (nSPS) is 13.3. The lowest BCUT2D eigenvalue weighted by Gasteiger charge is -2.13. The molecular weight excluding hydrogens is 372 g/mol. The smallest absolute Gasteiger partial charge is 0.326 e. The lowest BCUT2D eigenvalue weighted by Crippen LogP contribution is -2.32. The van der Waals surface area contributed by atoms with E-state index < -0.39 is 0 Å². The molecule has 0 saturated heterocycles. The fraction of sp³-hybridized carbons (Fsp3) is 0.238. The number of aryl methyl sites for hydroxylation is 3. The Labute approximate surface area is 166 Å². The molecule has 3 aromatic rings. The molecule has 1 N–H and O–H groups in total. The summed E-state index contributed by atoms with van der Waals surface area (Å²) in [4.78, 5) is 50.4. The van der Waals surface area contributed by atoms with E-state index in [-0.39, 0.29) is 36.4 Å². The molecule has 1 aliphatic rings. The van der Waals surface area contributed by atoms with E-state index in [4.69, 9.17) is 0 Å². The second kappa shape index (κ2) is 6.73. The highest BCUT2D eigenvalue weighted by molar-refractivity contribution is 6.21. The molecule has 0 saturated carbocycles. The molecule has 0 spiro atoms. The highest BCUT2D eigenvalue weighted by Crippen LogP contribution is 2.24. The van der Waals surface area contributed by atoms with Crippen LogP contribution in [-0.4, -0.2) is 38.3 Å². The third kappa shape index (κ3) is 3.02. The predicted octanol–water partition coefficient (Wildman–Crippen LogP) is 1.81. The van der Waals surface area contributed by atoms with Crippen LogP contribution in [-0.2, 0) is 18.9 Å². The van der Waals surface area contributed by atoms with Gasteiger partial charge in [0.25, 0.3) is 11.8 Å². The molecule has 1 aromatic heterocycles. The van der Waals surface area contributed by atoms with E-state index in [2.05, 4.69) is 5.32 Å². The van der Waals surface area contributed by atoms with E-state index in [9.17, 15) is 19.2 Å². The minimum absolute atomic E-state index is 0.00327. The van der Waals surface area contributed by atoms with Crippen LogP contribution in [0.25, 0.3) is 11.0 Å². The van der Waals surface area contributed by atoms with Crippen molar-refractivity contribution in [2.24, 2.45) is 14.1 Å². The number of carbonyl (C=O) groups is 3. The van der Waals surface area contributed by atoms with Gasteiger partial charge < -0.3 is 5.32 Å². The Morgan fingerprint density at radius 2 is 1.59 bits per heavy atom. The van der Waals surface area contributed by atoms with Crippen molar-refractivity contribution in [3.63, 3.8) is 0 Å². The number of nitrogens with one attached hydrogen (secondary N) is 1. The summed E-state index contributed by atoms with van der Waals surface area (Å²) in [6.07, 6.45) is -0.0177. The Morgan fingerprint density at radius 1 is 0.897 bits per heavy atom. The van der Waals surface area contributed by atoms with E-state index in [1.54, 1.807) is 50.5 Å². The summed E-state index contributed by atoms with van der Waals surface area (Å²) in [6, 6.07) is 10.3. The number of carbonyl (C=O) groups excluding carboxylic acids is 3. The van der Waals surface area contributed by atoms with E-state index >= 15 is 0 Å². The molecule has 0 fully saturated rings. The lowest BCUT2D eigenvalue weighted by atomic mass is 10.1. The number of imidazole rings is 1. The van der Waals surface area contributed by atoms with Gasteiger partial charge in [-0.05, 0) is 37.3 Å². The summed E-state index contributed by atoms with van der Waals surface area (Å²) in [5.74, 6) is -1.07. The number of aromatic nitrogens is 2. The van der Waals surface area contributed by atoms with E-state index in [1.807, 2.05) is 6.92 Å². The van der Waals surface area contributed by atoms with Gasteiger partial charge in [0, 0.05) is 32.7 Å². The average Bonchev–Trinajstić information content (AvgIpc) is 3.05. The zero-order valence-corrected chi connectivity index (χ0v) is 16.4. The van der Waals surface area contributed by atoms with Crippen molar-refractivity contribution in [1.29, 1.82) is 0 Å². The molecule has 4 rings (SSSR count). The number of hydrogen-bond acceptors (Lipinski definition) is 4. The minimum atomic E-state index is -0.376. The number of fused-ring (bicyclic) bond motifs is 2. The van der Waals surface area contributed by atoms with Crippen molar-refractivity contribution in [3.05, 3.63) is 63.6 Å². The number of rotatable bonds is 4. The Hall–Kier alpha value is -3.68. The van der Waals surface area contributed by atoms with Gasteiger partial charge >= 0.3 is 5.69 Å². The van der Waals surface area contributed by atoms with Gasteiger partial charge in [-0.15, -0.1) is 0 Å². The fourth-order valence-electron chi connectivity index (χ4n) is 3.63. The number of amides is 3. The van der Waals surface area contributed by atoms with Crippen LogP contribution in [0.2, 0.25) is 0 Å². The lowest BCUT2D eigenvalue weighted by molar-refractivity contribution is -0.116. The molecule has 2 aromatic carbocycles. The highest BCUT2D eigenvalue weighted by atomic mass is 16.2. The van der Waals surface area contributed by atoms with Crippen LogP contribution in [0.5, 0.6) is 0 Å². The van der Waals surface area contributed by atoms with E-state index in [0.717, 1.165) is 16.0 Å². The molecule has 29 heavy (non-hydrogen) atoms. The number of hydrogen-bond donors (Lipinski definition) is 1. The summed E-state index contributed by atoms with van der Waals surface area (Å²) in [6.45, 7) is 1.86. The molecular formula is C21H20N4O4. The molecule has 0 aliphatic carbocycles. The van der Waals surface area contributed by atoms with Gasteiger partial charge in [0.2, 0.25) is 5.91 Å². The zero-order valence-electron chi connectivity index (χ0n) is 16.4. The van der Waals surface area contributed by atoms with Gasteiger partial charge in [-0.25, -0.2) is 4.79 Å². The van der Waals surface area contributed by atoms with Crippen LogP contribution in [0.1, 0.15) is 32.7 Å². The number of nitrogens with zero attached hydrogens (tertiary/aromatic N) is 3. The van der Waals surface area contributed by atoms with Crippen LogP contribution in [0.3, 0.4) is 0 Å². The molecule has 0 radical (unpaired) electrons. The maximum atomic E-state index is 12.5. The van der Waals surface area contributed by atoms with Crippen molar-refractivity contribution in [1.82, 2.24) is 14.0 Å². The monoisotopic (exact) mass is 392 g/mol. The Morgan fingerprint density at radius 3 is 2.34 bits per heavy atom.